The number of primary amides is 1. The zero-order chi connectivity index (χ0) is 16.0. The number of hydrogen-bond acceptors (Lipinski definition) is 5. The fourth-order valence-electron chi connectivity index (χ4n) is 1.46. The van der Waals surface area contributed by atoms with Gasteiger partial charge in [-0.1, -0.05) is 11.6 Å². The lowest BCUT2D eigenvalue weighted by molar-refractivity contribution is -0.120. The van der Waals surface area contributed by atoms with E-state index in [4.69, 9.17) is 27.8 Å². The van der Waals surface area contributed by atoms with Crippen molar-refractivity contribution in [2.24, 2.45) is 11.5 Å². The van der Waals surface area contributed by atoms with E-state index >= 15 is 0 Å². The third-order valence-corrected chi connectivity index (χ3v) is 4.17. The lowest BCUT2D eigenvalue weighted by Gasteiger charge is -2.13. The van der Waals surface area contributed by atoms with E-state index in [1.165, 1.54) is 18.2 Å². The molecule has 1 amide bonds. The maximum Gasteiger partial charge on any atom is 0.255 e. The minimum absolute atomic E-state index is 0. The Labute approximate surface area is 140 Å². The lowest BCUT2D eigenvalue weighted by atomic mass is 10.3. The van der Waals surface area contributed by atoms with Gasteiger partial charge in [0.1, 0.15) is 10.6 Å². The molecule has 0 aliphatic heterocycles. The number of ether oxygens (including phenoxy) is 1. The van der Waals surface area contributed by atoms with Gasteiger partial charge in [0.2, 0.25) is 10.0 Å². The van der Waals surface area contributed by atoms with Crippen LogP contribution in [0.1, 0.15) is 13.3 Å². The van der Waals surface area contributed by atoms with Crippen LogP contribution in [0.3, 0.4) is 0 Å². The average molecular weight is 372 g/mol. The van der Waals surface area contributed by atoms with Crippen LogP contribution in [0, 0.1) is 0 Å². The summed E-state index contributed by atoms with van der Waals surface area (Å²) >= 11 is 5.81. The summed E-state index contributed by atoms with van der Waals surface area (Å²) in [5.41, 5.74) is 10.5. The Morgan fingerprint density at radius 3 is 2.64 bits per heavy atom. The van der Waals surface area contributed by atoms with Crippen molar-refractivity contribution in [3.63, 3.8) is 0 Å². The van der Waals surface area contributed by atoms with Crippen molar-refractivity contribution in [3.05, 3.63) is 23.2 Å². The number of hydrogen-bond donors (Lipinski definition) is 3. The standard InChI is InChI=1S/C12H18ClN3O4S.ClH/c1-8(14)4-5-16-21(18,19)11-6-9(13)2-3-10(11)20-7-12(15)17;/h2-3,6,8,16H,4-5,7,14H2,1H3,(H2,15,17);1H. The predicted octanol–water partition coefficient (Wildman–Crippen LogP) is 0.641. The first-order valence-electron chi connectivity index (χ1n) is 6.18. The highest BCUT2D eigenvalue weighted by Gasteiger charge is 2.20. The summed E-state index contributed by atoms with van der Waals surface area (Å²) in [7, 11) is -3.82. The summed E-state index contributed by atoms with van der Waals surface area (Å²) in [4.78, 5) is 10.6. The number of sulfonamides is 1. The van der Waals surface area contributed by atoms with Crippen molar-refractivity contribution in [2.45, 2.75) is 24.3 Å². The number of carbonyl (C=O) groups is 1. The van der Waals surface area contributed by atoms with Gasteiger partial charge in [0.05, 0.1) is 0 Å². The molecule has 7 nitrogen and oxygen atoms in total. The fourth-order valence-corrected chi connectivity index (χ4v) is 2.91. The van der Waals surface area contributed by atoms with Crippen LogP contribution >= 0.6 is 24.0 Å². The third kappa shape index (κ3) is 6.80. The van der Waals surface area contributed by atoms with Crippen molar-refractivity contribution in [3.8, 4) is 5.75 Å². The molecule has 126 valence electrons. The summed E-state index contributed by atoms with van der Waals surface area (Å²) in [6, 6.07) is 3.94. The summed E-state index contributed by atoms with van der Waals surface area (Å²) < 4.78 is 31.9. The van der Waals surface area contributed by atoms with Crippen molar-refractivity contribution in [1.82, 2.24) is 4.72 Å². The van der Waals surface area contributed by atoms with Crippen LogP contribution in [0.2, 0.25) is 5.02 Å². The van der Waals surface area contributed by atoms with Crippen LogP contribution < -0.4 is 20.9 Å². The molecule has 0 bridgehead atoms. The molecule has 0 fully saturated rings. The van der Waals surface area contributed by atoms with E-state index in [2.05, 4.69) is 4.72 Å². The van der Waals surface area contributed by atoms with Gasteiger partial charge in [-0.2, -0.15) is 0 Å². The molecule has 0 heterocycles. The zero-order valence-corrected chi connectivity index (χ0v) is 14.3. The van der Waals surface area contributed by atoms with Gasteiger partial charge in [0.15, 0.2) is 6.61 Å². The molecule has 1 unspecified atom stereocenters. The largest absolute Gasteiger partial charge is 0.482 e. The zero-order valence-electron chi connectivity index (χ0n) is 11.9. The number of nitrogens with two attached hydrogens (primary N) is 2. The maximum atomic E-state index is 12.2. The molecule has 0 aliphatic carbocycles. The number of benzene rings is 1. The highest BCUT2D eigenvalue weighted by atomic mass is 35.5. The second-order valence-electron chi connectivity index (χ2n) is 4.51. The first-order chi connectivity index (χ1) is 9.72. The van der Waals surface area contributed by atoms with E-state index in [0.717, 1.165) is 0 Å². The van der Waals surface area contributed by atoms with Gasteiger partial charge >= 0.3 is 0 Å². The van der Waals surface area contributed by atoms with Crippen LogP contribution in [-0.4, -0.2) is 33.5 Å². The number of amides is 1. The minimum Gasteiger partial charge on any atom is -0.482 e. The molecule has 0 spiro atoms. The molecular formula is C12H19Cl2N3O4S. The van der Waals surface area contributed by atoms with Gasteiger partial charge in [-0.25, -0.2) is 13.1 Å². The van der Waals surface area contributed by atoms with Gasteiger partial charge in [0.25, 0.3) is 5.91 Å². The lowest BCUT2D eigenvalue weighted by Crippen LogP contribution is -2.29. The smallest absolute Gasteiger partial charge is 0.255 e. The van der Waals surface area contributed by atoms with Gasteiger partial charge in [-0.3, -0.25) is 4.79 Å². The van der Waals surface area contributed by atoms with Gasteiger partial charge in [-0.15, -0.1) is 12.4 Å². The average Bonchev–Trinajstić information content (AvgIpc) is 2.36. The molecule has 5 N–H and O–H groups in total. The van der Waals surface area contributed by atoms with Crippen LogP contribution in [0.15, 0.2) is 23.1 Å². The maximum absolute atomic E-state index is 12.2. The quantitative estimate of drug-likeness (QED) is 0.618. The van der Waals surface area contributed by atoms with Crippen molar-refractivity contribution >= 4 is 39.9 Å². The first-order valence-corrected chi connectivity index (χ1v) is 8.04. The second-order valence-corrected chi connectivity index (χ2v) is 6.68. The van der Waals surface area contributed by atoms with Gasteiger partial charge in [0, 0.05) is 17.6 Å². The summed E-state index contributed by atoms with van der Waals surface area (Å²) in [5.74, 6) is -0.704. The highest BCUT2D eigenvalue weighted by molar-refractivity contribution is 7.89. The van der Waals surface area contributed by atoms with Crippen LogP contribution in [0.25, 0.3) is 0 Å². The van der Waals surface area contributed by atoms with Crippen LogP contribution in [-0.2, 0) is 14.8 Å². The SMILES string of the molecule is CC(N)CCNS(=O)(=O)c1cc(Cl)ccc1OCC(N)=O.Cl. The molecule has 22 heavy (non-hydrogen) atoms. The number of rotatable bonds is 8. The van der Waals surface area contributed by atoms with Gasteiger partial charge < -0.3 is 16.2 Å². The molecular weight excluding hydrogens is 353 g/mol. The molecule has 0 saturated carbocycles. The Hall–Kier alpha value is -1.06. The second kappa shape index (κ2) is 9.16. The van der Waals surface area contributed by atoms with Crippen LogP contribution in [0.5, 0.6) is 5.75 Å². The van der Waals surface area contributed by atoms with Gasteiger partial charge in [-0.05, 0) is 31.5 Å². The Balaban J connectivity index is 0.00000441. The Bertz CT molecular complexity index is 608. The summed E-state index contributed by atoms with van der Waals surface area (Å²) in [5, 5.41) is 0.231. The molecule has 0 aromatic heterocycles. The van der Waals surface area contributed by atoms with Crippen molar-refractivity contribution in [1.29, 1.82) is 0 Å². The first kappa shape index (κ1) is 20.9. The Morgan fingerprint density at radius 1 is 1.45 bits per heavy atom. The monoisotopic (exact) mass is 371 g/mol. The summed E-state index contributed by atoms with van der Waals surface area (Å²) in [6.07, 6.45) is 0.483. The molecule has 1 atom stereocenters. The minimum atomic E-state index is -3.82. The normalized spacial score (nSPS) is 12.3. The Kier molecular flexibility index (Phi) is 8.72. The molecule has 1 aromatic carbocycles. The molecule has 0 radical (unpaired) electrons. The highest BCUT2D eigenvalue weighted by Crippen LogP contribution is 2.27. The molecule has 0 aliphatic rings. The third-order valence-electron chi connectivity index (χ3n) is 2.46. The van der Waals surface area contributed by atoms with Crippen molar-refractivity contribution in [2.75, 3.05) is 13.2 Å². The molecule has 10 heteroatoms. The van der Waals surface area contributed by atoms with E-state index in [-0.39, 0.29) is 40.7 Å². The van der Waals surface area contributed by atoms with E-state index < -0.39 is 22.5 Å². The fraction of sp³-hybridized carbons (Fsp3) is 0.417. The number of carbonyl (C=O) groups excluding carboxylic acids is 1. The van der Waals surface area contributed by atoms with E-state index in [1.807, 2.05) is 0 Å². The van der Waals surface area contributed by atoms with E-state index in [0.29, 0.717) is 6.42 Å². The van der Waals surface area contributed by atoms with Crippen LogP contribution in [0.4, 0.5) is 0 Å². The number of nitrogens with one attached hydrogen (secondary N) is 1. The number of halogens is 2. The molecule has 1 rings (SSSR count). The topological polar surface area (TPSA) is 125 Å². The van der Waals surface area contributed by atoms with Crippen molar-refractivity contribution < 1.29 is 17.9 Å². The van der Waals surface area contributed by atoms with E-state index in [9.17, 15) is 13.2 Å². The molecule has 1 aromatic rings. The predicted molar refractivity (Wildman–Crippen MR) is 86.8 cm³/mol. The molecule has 0 saturated heterocycles. The Morgan fingerprint density at radius 2 is 2.09 bits per heavy atom. The summed E-state index contributed by atoms with van der Waals surface area (Å²) in [6.45, 7) is 1.53. The van der Waals surface area contributed by atoms with E-state index in [1.54, 1.807) is 6.92 Å².